The van der Waals surface area contributed by atoms with Gasteiger partial charge in [-0.05, 0) is 77.1 Å². The Morgan fingerprint density at radius 1 is 1.08 bits per heavy atom. The molecule has 0 aliphatic carbocycles. The van der Waals surface area contributed by atoms with Gasteiger partial charge in [0.05, 0.1) is 23.5 Å². The summed E-state index contributed by atoms with van der Waals surface area (Å²) >= 11 is 6.57. The van der Waals surface area contributed by atoms with Gasteiger partial charge in [0.15, 0.2) is 5.65 Å². The Kier molecular flexibility index (Phi) is 8.26. The van der Waals surface area contributed by atoms with Crippen molar-refractivity contribution >= 4 is 34.1 Å². The van der Waals surface area contributed by atoms with E-state index in [1.54, 1.807) is 6.20 Å². The first-order chi connectivity index (χ1) is 17.6. The molecule has 5 rings (SSSR count). The number of nitrogens with zero attached hydrogens (tertiary/aromatic N) is 5. The van der Waals surface area contributed by atoms with E-state index in [2.05, 4.69) is 68.2 Å². The van der Waals surface area contributed by atoms with Crippen LogP contribution in [0.4, 0.5) is 11.4 Å². The summed E-state index contributed by atoms with van der Waals surface area (Å²) in [5.41, 5.74) is 4.75. The lowest BCUT2D eigenvalue weighted by Gasteiger charge is -2.30. The molecule has 2 N–H and O–H groups in total. The molecule has 3 aromatic rings. The standard InChI is InChI=1S/C27H38ClN7O/c1-3-36-18-17-34-11-4-12-35(16-15-34)22-7-5-20(6-8-22)26-31-25-24(23(28)19-29-27(25)32-26)30-21-9-13-33(2)14-10-21/h5-8,19,21H,3-4,9-18H2,1-2H3,(H2,29,30,31,32). The van der Waals surface area contributed by atoms with E-state index in [-0.39, 0.29) is 0 Å². The highest BCUT2D eigenvalue weighted by Gasteiger charge is 2.21. The summed E-state index contributed by atoms with van der Waals surface area (Å²) in [5.74, 6) is 0.815. The predicted molar refractivity (Wildman–Crippen MR) is 148 cm³/mol. The van der Waals surface area contributed by atoms with Crippen molar-refractivity contribution in [2.75, 3.05) is 76.3 Å². The number of piperidine rings is 1. The molecular weight excluding hydrogens is 474 g/mol. The van der Waals surface area contributed by atoms with Gasteiger partial charge in [-0.1, -0.05) is 11.6 Å². The average Bonchev–Trinajstić information content (AvgIpc) is 3.19. The third-order valence-corrected chi connectivity index (χ3v) is 7.67. The van der Waals surface area contributed by atoms with E-state index < -0.39 is 0 Å². The number of benzene rings is 1. The zero-order chi connectivity index (χ0) is 24.9. The topological polar surface area (TPSA) is 72.6 Å². The lowest BCUT2D eigenvalue weighted by molar-refractivity contribution is 0.116. The van der Waals surface area contributed by atoms with Crippen LogP contribution < -0.4 is 10.2 Å². The molecule has 0 bridgehead atoms. The Balaban J connectivity index is 1.28. The molecule has 0 unspecified atom stereocenters. The molecule has 2 aromatic heterocycles. The molecule has 0 radical (unpaired) electrons. The summed E-state index contributed by atoms with van der Waals surface area (Å²) in [6.07, 6.45) is 5.06. The van der Waals surface area contributed by atoms with Crippen molar-refractivity contribution in [2.24, 2.45) is 0 Å². The molecule has 4 heterocycles. The number of rotatable bonds is 8. The minimum absolute atomic E-state index is 0.396. The maximum absolute atomic E-state index is 6.57. The summed E-state index contributed by atoms with van der Waals surface area (Å²) in [5, 5.41) is 4.27. The molecule has 0 atom stereocenters. The van der Waals surface area contributed by atoms with Gasteiger partial charge in [0.2, 0.25) is 0 Å². The molecule has 9 heteroatoms. The highest BCUT2D eigenvalue weighted by Crippen LogP contribution is 2.32. The molecule has 2 saturated heterocycles. The second kappa shape index (κ2) is 11.8. The highest BCUT2D eigenvalue weighted by atomic mass is 35.5. The summed E-state index contributed by atoms with van der Waals surface area (Å²) in [7, 11) is 2.17. The van der Waals surface area contributed by atoms with Gasteiger partial charge in [-0.15, -0.1) is 0 Å². The molecule has 2 fully saturated rings. The Hall–Kier alpha value is -2.39. The van der Waals surface area contributed by atoms with Crippen molar-refractivity contribution in [3.63, 3.8) is 0 Å². The number of likely N-dealkylation sites (tertiary alicyclic amines) is 1. The van der Waals surface area contributed by atoms with Gasteiger partial charge in [-0.25, -0.2) is 9.97 Å². The SMILES string of the molecule is CCOCCN1CCCN(c2ccc(-c3nc4c(NC5CCN(C)CC5)c(Cl)cnc4[nH]3)cc2)CC1. The summed E-state index contributed by atoms with van der Waals surface area (Å²) < 4.78 is 5.54. The average molecular weight is 512 g/mol. The smallest absolute Gasteiger partial charge is 0.159 e. The van der Waals surface area contributed by atoms with Crippen LogP contribution in [0.1, 0.15) is 26.2 Å². The zero-order valence-electron chi connectivity index (χ0n) is 21.5. The molecule has 194 valence electrons. The molecule has 36 heavy (non-hydrogen) atoms. The molecule has 8 nitrogen and oxygen atoms in total. The first-order valence-electron chi connectivity index (χ1n) is 13.3. The Bertz CT molecular complexity index is 1130. The van der Waals surface area contributed by atoms with Crippen LogP contribution in [-0.2, 0) is 4.74 Å². The fourth-order valence-electron chi connectivity index (χ4n) is 5.18. The highest BCUT2D eigenvalue weighted by molar-refractivity contribution is 6.34. The van der Waals surface area contributed by atoms with Gasteiger partial charge >= 0.3 is 0 Å². The number of hydrogen-bond donors (Lipinski definition) is 2. The van der Waals surface area contributed by atoms with Crippen molar-refractivity contribution in [2.45, 2.75) is 32.2 Å². The molecule has 2 aliphatic rings. The maximum atomic E-state index is 6.57. The lowest BCUT2D eigenvalue weighted by atomic mass is 10.1. The fraction of sp³-hybridized carbons (Fsp3) is 0.556. The normalized spacial score (nSPS) is 18.6. The molecule has 0 saturated carbocycles. The van der Waals surface area contributed by atoms with Gasteiger partial charge < -0.3 is 24.8 Å². The monoisotopic (exact) mass is 511 g/mol. The Labute approximate surface area is 219 Å². The van der Waals surface area contributed by atoms with Crippen LogP contribution in [0.2, 0.25) is 5.02 Å². The van der Waals surface area contributed by atoms with E-state index >= 15 is 0 Å². The van der Waals surface area contributed by atoms with E-state index in [0.29, 0.717) is 11.1 Å². The summed E-state index contributed by atoms with van der Waals surface area (Å²) in [6, 6.07) is 9.10. The van der Waals surface area contributed by atoms with Crippen LogP contribution >= 0.6 is 11.6 Å². The van der Waals surface area contributed by atoms with Crippen molar-refractivity contribution in [3.8, 4) is 11.4 Å². The number of pyridine rings is 1. The number of aromatic amines is 1. The number of anilines is 2. The number of H-pyrrole nitrogens is 1. The molecular formula is C27H38ClN7O. The Morgan fingerprint density at radius 3 is 2.67 bits per heavy atom. The zero-order valence-corrected chi connectivity index (χ0v) is 22.2. The number of ether oxygens (including phenoxy) is 1. The van der Waals surface area contributed by atoms with Crippen LogP contribution in [0.5, 0.6) is 0 Å². The van der Waals surface area contributed by atoms with E-state index in [1.807, 2.05) is 0 Å². The molecule has 0 amide bonds. The third kappa shape index (κ3) is 5.94. The quantitative estimate of drug-likeness (QED) is 0.436. The van der Waals surface area contributed by atoms with Gasteiger partial charge in [0.1, 0.15) is 11.3 Å². The lowest BCUT2D eigenvalue weighted by Crippen LogP contribution is -2.36. The first-order valence-corrected chi connectivity index (χ1v) is 13.6. The predicted octanol–water partition coefficient (Wildman–Crippen LogP) is 4.33. The van der Waals surface area contributed by atoms with Gasteiger partial charge in [0.25, 0.3) is 0 Å². The van der Waals surface area contributed by atoms with Crippen molar-refractivity contribution in [1.82, 2.24) is 24.8 Å². The summed E-state index contributed by atoms with van der Waals surface area (Å²) in [4.78, 5) is 20.2. The third-order valence-electron chi connectivity index (χ3n) is 7.38. The minimum atomic E-state index is 0.396. The van der Waals surface area contributed by atoms with E-state index in [0.717, 1.165) is 107 Å². The van der Waals surface area contributed by atoms with Gasteiger partial charge in [-0.2, -0.15) is 0 Å². The van der Waals surface area contributed by atoms with Crippen molar-refractivity contribution < 1.29 is 4.74 Å². The van der Waals surface area contributed by atoms with Gasteiger partial charge in [-0.3, -0.25) is 4.90 Å². The summed E-state index contributed by atoms with van der Waals surface area (Å²) in [6.45, 7) is 11.1. The van der Waals surface area contributed by atoms with Crippen molar-refractivity contribution in [1.29, 1.82) is 0 Å². The largest absolute Gasteiger partial charge is 0.380 e. The fourth-order valence-corrected chi connectivity index (χ4v) is 5.38. The molecule has 1 aromatic carbocycles. The molecule has 0 spiro atoms. The number of nitrogens with one attached hydrogen (secondary N) is 2. The molecule has 2 aliphatic heterocycles. The van der Waals surface area contributed by atoms with Crippen LogP contribution in [-0.4, -0.2) is 96.9 Å². The van der Waals surface area contributed by atoms with E-state index in [4.69, 9.17) is 21.3 Å². The van der Waals surface area contributed by atoms with E-state index in [1.165, 1.54) is 5.69 Å². The second-order valence-electron chi connectivity index (χ2n) is 9.91. The number of fused-ring (bicyclic) bond motifs is 1. The number of aromatic nitrogens is 3. The Morgan fingerprint density at radius 2 is 1.89 bits per heavy atom. The van der Waals surface area contributed by atoms with E-state index in [9.17, 15) is 0 Å². The van der Waals surface area contributed by atoms with Crippen LogP contribution in [0, 0.1) is 0 Å². The first kappa shape index (κ1) is 25.3. The second-order valence-corrected chi connectivity index (χ2v) is 10.3. The van der Waals surface area contributed by atoms with Crippen LogP contribution in [0.3, 0.4) is 0 Å². The van der Waals surface area contributed by atoms with Crippen LogP contribution in [0.25, 0.3) is 22.6 Å². The number of hydrogen-bond acceptors (Lipinski definition) is 7. The number of halogens is 1. The van der Waals surface area contributed by atoms with Gasteiger partial charge in [0, 0.05) is 50.1 Å². The minimum Gasteiger partial charge on any atom is -0.380 e. The van der Waals surface area contributed by atoms with Crippen LogP contribution in [0.15, 0.2) is 30.5 Å². The van der Waals surface area contributed by atoms with Crippen molar-refractivity contribution in [3.05, 3.63) is 35.5 Å². The number of imidazole rings is 1. The maximum Gasteiger partial charge on any atom is 0.159 e.